The van der Waals surface area contributed by atoms with Crippen molar-refractivity contribution in [3.63, 3.8) is 0 Å². The highest BCUT2D eigenvalue weighted by Gasteiger charge is 2.10. The minimum Gasteiger partial charge on any atom is -0.383 e. The van der Waals surface area contributed by atoms with Crippen LogP contribution in [-0.2, 0) is 19.1 Å². The zero-order valence-corrected chi connectivity index (χ0v) is 8.69. The molecular weight excluding hydrogens is 188 g/mol. The highest BCUT2D eigenvalue weighted by Crippen LogP contribution is 1.89. The van der Waals surface area contributed by atoms with Crippen LogP contribution in [0.3, 0.4) is 0 Å². The van der Waals surface area contributed by atoms with Gasteiger partial charge in [0.1, 0.15) is 0 Å². The highest BCUT2D eigenvalue weighted by atomic mass is 16.7. The highest BCUT2D eigenvalue weighted by molar-refractivity contribution is 5.71. The van der Waals surface area contributed by atoms with E-state index in [1.807, 2.05) is 4.90 Å². The SMILES string of the molecule is COCCN(CCOC)CC(=O)ON. The summed E-state index contributed by atoms with van der Waals surface area (Å²) >= 11 is 0. The second-order valence-electron chi connectivity index (χ2n) is 2.75. The lowest BCUT2D eigenvalue weighted by atomic mass is 10.4. The van der Waals surface area contributed by atoms with Gasteiger partial charge in [0.15, 0.2) is 0 Å². The third-order valence-electron chi connectivity index (χ3n) is 1.71. The predicted molar refractivity (Wildman–Crippen MR) is 50.5 cm³/mol. The fraction of sp³-hybridized carbons (Fsp3) is 0.875. The lowest BCUT2D eigenvalue weighted by Gasteiger charge is -2.19. The summed E-state index contributed by atoms with van der Waals surface area (Å²) < 4.78 is 9.80. The number of carbonyl (C=O) groups excluding carboxylic acids is 1. The van der Waals surface area contributed by atoms with E-state index in [1.54, 1.807) is 14.2 Å². The second-order valence-corrected chi connectivity index (χ2v) is 2.75. The smallest absolute Gasteiger partial charge is 0.338 e. The first-order valence-corrected chi connectivity index (χ1v) is 4.34. The lowest BCUT2D eigenvalue weighted by molar-refractivity contribution is -0.145. The molecule has 0 aliphatic carbocycles. The van der Waals surface area contributed by atoms with Crippen LogP contribution in [0.15, 0.2) is 0 Å². The molecule has 0 spiro atoms. The van der Waals surface area contributed by atoms with Gasteiger partial charge in [-0.1, -0.05) is 0 Å². The van der Waals surface area contributed by atoms with Crippen LogP contribution in [0.1, 0.15) is 0 Å². The first-order chi connectivity index (χ1) is 6.74. The van der Waals surface area contributed by atoms with E-state index in [0.717, 1.165) is 0 Å². The molecule has 0 saturated carbocycles. The van der Waals surface area contributed by atoms with Crippen LogP contribution in [0.5, 0.6) is 0 Å². The van der Waals surface area contributed by atoms with E-state index < -0.39 is 5.97 Å². The Morgan fingerprint density at radius 1 is 1.21 bits per heavy atom. The van der Waals surface area contributed by atoms with Crippen molar-refractivity contribution in [2.75, 3.05) is 47.1 Å². The third-order valence-corrected chi connectivity index (χ3v) is 1.71. The number of nitrogens with two attached hydrogens (primary N) is 1. The normalized spacial score (nSPS) is 10.6. The molecule has 84 valence electrons. The minimum absolute atomic E-state index is 0.156. The summed E-state index contributed by atoms with van der Waals surface area (Å²) in [5.74, 6) is 4.28. The van der Waals surface area contributed by atoms with Crippen LogP contribution < -0.4 is 5.90 Å². The van der Waals surface area contributed by atoms with Gasteiger partial charge in [0.25, 0.3) is 0 Å². The Labute approximate surface area is 83.8 Å². The number of ether oxygens (including phenoxy) is 2. The number of rotatable bonds is 8. The molecule has 14 heavy (non-hydrogen) atoms. The van der Waals surface area contributed by atoms with Crippen LogP contribution >= 0.6 is 0 Å². The standard InChI is InChI=1S/C8H18N2O4/c1-12-5-3-10(4-6-13-2)7-8(11)14-9/h3-7,9H2,1-2H3. The van der Waals surface area contributed by atoms with Crippen LogP contribution in [0.25, 0.3) is 0 Å². The molecule has 0 aliphatic heterocycles. The first-order valence-electron chi connectivity index (χ1n) is 4.34. The van der Waals surface area contributed by atoms with E-state index >= 15 is 0 Å². The Bertz CT molecular complexity index is 146. The van der Waals surface area contributed by atoms with Crippen molar-refractivity contribution in [3.05, 3.63) is 0 Å². The van der Waals surface area contributed by atoms with Gasteiger partial charge in [0.2, 0.25) is 0 Å². The van der Waals surface area contributed by atoms with Crippen molar-refractivity contribution in [1.82, 2.24) is 4.90 Å². The molecule has 0 saturated heterocycles. The Balaban J connectivity index is 3.77. The van der Waals surface area contributed by atoms with Gasteiger partial charge in [-0.25, -0.2) is 4.79 Å². The molecule has 0 aromatic rings. The maximum atomic E-state index is 10.9. The number of methoxy groups -OCH3 is 2. The fourth-order valence-electron chi connectivity index (χ4n) is 0.931. The van der Waals surface area contributed by atoms with Crippen molar-refractivity contribution >= 4 is 5.97 Å². The Hall–Kier alpha value is -0.690. The largest absolute Gasteiger partial charge is 0.383 e. The average Bonchev–Trinajstić information content (AvgIpc) is 2.21. The molecule has 2 N–H and O–H groups in total. The molecule has 0 rings (SSSR count). The summed E-state index contributed by atoms with van der Waals surface area (Å²) in [6, 6.07) is 0. The number of carbonyl (C=O) groups is 1. The van der Waals surface area contributed by atoms with E-state index in [2.05, 4.69) is 4.84 Å². The molecule has 0 amide bonds. The number of nitrogens with zero attached hydrogens (tertiary/aromatic N) is 1. The quantitative estimate of drug-likeness (QED) is 0.513. The summed E-state index contributed by atoms with van der Waals surface area (Å²) in [4.78, 5) is 16.8. The molecule has 0 heterocycles. The molecule has 6 nitrogen and oxygen atoms in total. The van der Waals surface area contributed by atoms with E-state index in [4.69, 9.17) is 15.4 Å². The Morgan fingerprint density at radius 2 is 1.71 bits per heavy atom. The molecular formula is C8H18N2O4. The van der Waals surface area contributed by atoms with E-state index in [1.165, 1.54) is 0 Å². The minimum atomic E-state index is -0.461. The van der Waals surface area contributed by atoms with Crippen LogP contribution in [-0.4, -0.2) is 57.9 Å². The molecule has 0 aromatic carbocycles. The van der Waals surface area contributed by atoms with Crippen molar-refractivity contribution in [2.24, 2.45) is 5.90 Å². The van der Waals surface area contributed by atoms with E-state index in [-0.39, 0.29) is 6.54 Å². The van der Waals surface area contributed by atoms with E-state index in [0.29, 0.717) is 26.3 Å². The fourth-order valence-corrected chi connectivity index (χ4v) is 0.931. The van der Waals surface area contributed by atoms with Gasteiger partial charge in [-0.3, -0.25) is 4.90 Å². The summed E-state index contributed by atoms with van der Waals surface area (Å²) in [7, 11) is 3.21. The van der Waals surface area contributed by atoms with Crippen molar-refractivity contribution < 1.29 is 19.1 Å². The predicted octanol–water partition coefficient (Wildman–Crippen LogP) is -1.00. The van der Waals surface area contributed by atoms with Gasteiger partial charge in [-0.15, -0.1) is 0 Å². The lowest BCUT2D eigenvalue weighted by Crippen LogP contribution is -2.36. The number of hydrogen-bond acceptors (Lipinski definition) is 6. The van der Waals surface area contributed by atoms with Gasteiger partial charge in [-0.05, 0) is 0 Å². The molecule has 0 radical (unpaired) electrons. The van der Waals surface area contributed by atoms with Crippen LogP contribution in [0.2, 0.25) is 0 Å². The maximum Gasteiger partial charge on any atom is 0.338 e. The van der Waals surface area contributed by atoms with Gasteiger partial charge in [0, 0.05) is 27.3 Å². The van der Waals surface area contributed by atoms with Crippen molar-refractivity contribution in [2.45, 2.75) is 0 Å². The maximum absolute atomic E-state index is 10.9. The number of hydrogen-bond donors (Lipinski definition) is 1. The molecule has 0 fully saturated rings. The molecule has 0 bridgehead atoms. The molecule has 0 aliphatic rings. The average molecular weight is 206 g/mol. The topological polar surface area (TPSA) is 74.0 Å². The second kappa shape index (κ2) is 8.89. The molecule has 6 heteroatoms. The Morgan fingerprint density at radius 3 is 2.07 bits per heavy atom. The summed E-state index contributed by atoms with van der Waals surface area (Å²) in [6.07, 6.45) is 0. The molecule has 0 unspecified atom stereocenters. The Kier molecular flexibility index (Phi) is 8.45. The van der Waals surface area contributed by atoms with Crippen LogP contribution in [0.4, 0.5) is 0 Å². The molecule has 0 aromatic heterocycles. The van der Waals surface area contributed by atoms with Crippen molar-refractivity contribution in [1.29, 1.82) is 0 Å². The van der Waals surface area contributed by atoms with Gasteiger partial charge < -0.3 is 14.3 Å². The third kappa shape index (κ3) is 6.79. The first kappa shape index (κ1) is 13.3. The molecule has 0 atom stereocenters. The summed E-state index contributed by atoms with van der Waals surface area (Å²) in [5, 5.41) is 0. The van der Waals surface area contributed by atoms with Gasteiger partial charge in [-0.2, -0.15) is 5.90 Å². The monoisotopic (exact) mass is 206 g/mol. The van der Waals surface area contributed by atoms with Crippen LogP contribution in [0, 0.1) is 0 Å². The summed E-state index contributed by atoms with van der Waals surface area (Å²) in [5.41, 5.74) is 0. The zero-order chi connectivity index (χ0) is 10.8. The van der Waals surface area contributed by atoms with Gasteiger partial charge in [0.05, 0.1) is 19.8 Å². The summed E-state index contributed by atoms with van der Waals surface area (Å²) in [6.45, 7) is 2.57. The van der Waals surface area contributed by atoms with Crippen molar-refractivity contribution in [3.8, 4) is 0 Å². The van der Waals surface area contributed by atoms with E-state index in [9.17, 15) is 4.79 Å². The van der Waals surface area contributed by atoms with Gasteiger partial charge >= 0.3 is 5.97 Å². The zero-order valence-electron chi connectivity index (χ0n) is 8.69.